The van der Waals surface area contributed by atoms with Gasteiger partial charge in [-0.2, -0.15) is 0 Å². The molecule has 3 aromatic heterocycles. The molecule has 0 unspecified atom stereocenters. The van der Waals surface area contributed by atoms with Crippen LogP contribution in [0.15, 0.2) is 62.5 Å². The molecule has 25 heavy (non-hydrogen) atoms. The van der Waals surface area contributed by atoms with Gasteiger partial charge in [-0.3, -0.25) is 0 Å². The topological polar surface area (TPSA) is 100 Å². The van der Waals surface area contributed by atoms with Crippen LogP contribution in [0.5, 0.6) is 0 Å². The van der Waals surface area contributed by atoms with E-state index in [1.807, 2.05) is 13.0 Å². The fourth-order valence-corrected chi connectivity index (χ4v) is 1.69. The average Bonchev–Trinajstić information content (AvgIpc) is 3.43. The van der Waals surface area contributed by atoms with Gasteiger partial charge in [-0.15, -0.1) is 0 Å². The number of furan rings is 3. The summed E-state index contributed by atoms with van der Waals surface area (Å²) in [5.41, 5.74) is 0. The lowest BCUT2D eigenvalue weighted by molar-refractivity contribution is 0.244. The van der Waals surface area contributed by atoms with Gasteiger partial charge >= 0.3 is 0 Å². The third kappa shape index (κ3) is 7.71. The van der Waals surface area contributed by atoms with Gasteiger partial charge in [-0.25, -0.2) is 0 Å². The highest BCUT2D eigenvalue weighted by molar-refractivity contribution is 5.39. The number of aliphatic hydroxyl groups is 3. The molecular weight excluding hydrogens is 324 g/mol. The maximum atomic E-state index is 8.55. The van der Waals surface area contributed by atoms with E-state index >= 15 is 0 Å². The zero-order valence-corrected chi connectivity index (χ0v) is 14.2. The Morgan fingerprint density at radius 2 is 1.44 bits per heavy atom. The van der Waals surface area contributed by atoms with Crippen molar-refractivity contribution in [2.45, 2.75) is 33.2 Å². The Labute approximate surface area is 146 Å². The molecule has 0 aliphatic carbocycles. The lowest BCUT2D eigenvalue weighted by Gasteiger charge is -1.86. The van der Waals surface area contributed by atoms with Crippen molar-refractivity contribution in [3.05, 3.63) is 78.0 Å². The molecule has 0 aromatic carbocycles. The molecule has 3 heterocycles. The van der Waals surface area contributed by atoms with E-state index in [1.165, 1.54) is 6.26 Å². The van der Waals surface area contributed by atoms with E-state index in [2.05, 4.69) is 6.58 Å². The highest BCUT2D eigenvalue weighted by Gasteiger charge is 1.96. The van der Waals surface area contributed by atoms with E-state index in [0.717, 1.165) is 12.2 Å². The lowest BCUT2D eigenvalue weighted by Crippen LogP contribution is -1.75. The molecule has 0 saturated heterocycles. The number of aliphatic hydroxyl groups excluding tert-OH is 3. The van der Waals surface area contributed by atoms with Crippen LogP contribution in [0.4, 0.5) is 0 Å². The molecule has 0 aliphatic heterocycles. The molecule has 6 heteroatoms. The van der Waals surface area contributed by atoms with Crippen molar-refractivity contribution in [3.8, 4) is 0 Å². The van der Waals surface area contributed by atoms with Gasteiger partial charge in [0.2, 0.25) is 0 Å². The van der Waals surface area contributed by atoms with Crippen molar-refractivity contribution < 1.29 is 28.6 Å². The molecule has 3 rings (SSSR count). The van der Waals surface area contributed by atoms with E-state index in [1.54, 1.807) is 36.4 Å². The fourth-order valence-electron chi connectivity index (χ4n) is 1.69. The highest BCUT2D eigenvalue weighted by atomic mass is 16.4. The molecule has 0 spiro atoms. The first kappa shape index (κ1) is 20.5. The van der Waals surface area contributed by atoms with Crippen LogP contribution in [0.2, 0.25) is 0 Å². The van der Waals surface area contributed by atoms with Gasteiger partial charge < -0.3 is 28.6 Å². The first-order chi connectivity index (χ1) is 12.2. The van der Waals surface area contributed by atoms with Crippen LogP contribution in [0.25, 0.3) is 6.08 Å². The molecule has 136 valence electrons. The van der Waals surface area contributed by atoms with Gasteiger partial charge in [0.05, 0.1) is 6.26 Å². The van der Waals surface area contributed by atoms with Gasteiger partial charge in [0.1, 0.15) is 48.6 Å². The van der Waals surface area contributed by atoms with Gasteiger partial charge in [0, 0.05) is 6.42 Å². The summed E-state index contributed by atoms with van der Waals surface area (Å²) in [6.45, 7) is 5.46. The first-order valence-corrected chi connectivity index (χ1v) is 7.80. The van der Waals surface area contributed by atoms with E-state index in [0.29, 0.717) is 23.0 Å². The Kier molecular flexibility index (Phi) is 9.77. The minimum Gasteiger partial charge on any atom is -0.467 e. The normalized spacial score (nSPS) is 9.60. The number of aryl methyl sites for hydroxylation is 1. The smallest absolute Gasteiger partial charge is 0.130 e. The number of rotatable bonds is 5. The predicted molar refractivity (Wildman–Crippen MR) is 93.4 cm³/mol. The zero-order chi connectivity index (χ0) is 18.5. The summed E-state index contributed by atoms with van der Waals surface area (Å²) in [6.07, 6.45) is 4.02. The fraction of sp³-hybridized carbons (Fsp3) is 0.263. The molecule has 0 radical (unpaired) electrons. The standard InChI is InChI=1S/C7H10O2.C7H8O2.C5H6O2/c2*1-2-6-3-4-7(5-8)9-6;6-4-5-2-1-3-7-5/h3-4,8H,2,5H2,1H3;2-4,8H,1,5H2;1-3,6H,4H2. The third-order valence-corrected chi connectivity index (χ3v) is 3.00. The summed E-state index contributed by atoms with van der Waals surface area (Å²) in [7, 11) is 0. The van der Waals surface area contributed by atoms with E-state index < -0.39 is 0 Å². The Balaban J connectivity index is 0.000000189. The molecule has 6 nitrogen and oxygen atoms in total. The largest absolute Gasteiger partial charge is 0.467 e. The molecule has 3 N–H and O–H groups in total. The highest BCUT2D eigenvalue weighted by Crippen LogP contribution is 2.08. The Bertz CT molecular complexity index is 675. The number of hydrogen-bond donors (Lipinski definition) is 3. The van der Waals surface area contributed by atoms with Crippen LogP contribution in [-0.2, 0) is 26.2 Å². The van der Waals surface area contributed by atoms with Crippen molar-refractivity contribution in [2.75, 3.05) is 0 Å². The number of hydrogen-bond acceptors (Lipinski definition) is 6. The van der Waals surface area contributed by atoms with Gasteiger partial charge in [0.25, 0.3) is 0 Å². The minimum atomic E-state index is -0.0478. The summed E-state index contributed by atoms with van der Waals surface area (Å²) < 4.78 is 14.9. The molecule has 3 aromatic rings. The Hall–Kier alpha value is -2.54. The SMILES string of the molecule is C=Cc1ccc(CO)o1.CCc1ccc(CO)o1.OCc1ccco1. The van der Waals surface area contributed by atoms with Crippen molar-refractivity contribution in [3.63, 3.8) is 0 Å². The summed E-state index contributed by atoms with van der Waals surface area (Å²) in [4.78, 5) is 0. The second kappa shape index (κ2) is 11.9. The lowest BCUT2D eigenvalue weighted by atomic mass is 10.4. The van der Waals surface area contributed by atoms with Crippen molar-refractivity contribution in [2.24, 2.45) is 0 Å². The Morgan fingerprint density at radius 3 is 1.76 bits per heavy atom. The van der Waals surface area contributed by atoms with Crippen LogP contribution in [-0.4, -0.2) is 15.3 Å². The third-order valence-electron chi connectivity index (χ3n) is 3.00. The first-order valence-electron chi connectivity index (χ1n) is 7.80. The maximum absolute atomic E-state index is 8.55. The van der Waals surface area contributed by atoms with Crippen molar-refractivity contribution in [1.82, 2.24) is 0 Å². The van der Waals surface area contributed by atoms with Crippen LogP contribution >= 0.6 is 0 Å². The zero-order valence-electron chi connectivity index (χ0n) is 14.2. The average molecular weight is 348 g/mol. The molecule has 0 bridgehead atoms. The summed E-state index contributed by atoms with van der Waals surface area (Å²) in [6, 6.07) is 10.6. The van der Waals surface area contributed by atoms with E-state index in [-0.39, 0.29) is 19.8 Å². The maximum Gasteiger partial charge on any atom is 0.130 e. The van der Waals surface area contributed by atoms with Crippen LogP contribution in [0.3, 0.4) is 0 Å². The molecular formula is C19H24O6. The summed E-state index contributed by atoms with van der Waals surface area (Å²) >= 11 is 0. The van der Waals surface area contributed by atoms with E-state index in [9.17, 15) is 0 Å². The van der Waals surface area contributed by atoms with Crippen LogP contribution in [0.1, 0.15) is 35.7 Å². The minimum absolute atomic E-state index is 0. The predicted octanol–water partition coefficient (Wildman–Crippen LogP) is 3.52. The molecule has 0 aliphatic rings. The molecule has 0 atom stereocenters. The van der Waals surface area contributed by atoms with Crippen molar-refractivity contribution >= 4 is 6.08 Å². The second-order valence-corrected chi connectivity index (χ2v) is 4.78. The second-order valence-electron chi connectivity index (χ2n) is 4.78. The summed E-state index contributed by atoms with van der Waals surface area (Å²) in [5, 5.41) is 25.4. The monoisotopic (exact) mass is 348 g/mol. The molecule has 0 saturated carbocycles. The quantitative estimate of drug-likeness (QED) is 0.652. The summed E-state index contributed by atoms with van der Waals surface area (Å²) in [5.74, 6) is 3.45. The van der Waals surface area contributed by atoms with Crippen LogP contribution < -0.4 is 0 Å². The molecule has 0 fully saturated rings. The van der Waals surface area contributed by atoms with Crippen LogP contribution in [0, 0.1) is 0 Å². The van der Waals surface area contributed by atoms with Gasteiger partial charge in [-0.1, -0.05) is 13.5 Å². The van der Waals surface area contributed by atoms with E-state index in [4.69, 9.17) is 28.6 Å². The van der Waals surface area contributed by atoms with Gasteiger partial charge in [0.15, 0.2) is 0 Å². The van der Waals surface area contributed by atoms with Crippen molar-refractivity contribution in [1.29, 1.82) is 0 Å². The Morgan fingerprint density at radius 1 is 0.840 bits per heavy atom. The molecule has 0 amide bonds. The van der Waals surface area contributed by atoms with Gasteiger partial charge in [-0.05, 0) is 42.5 Å².